The van der Waals surface area contributed by atoms with E-state index in [9.17, 15) is 8.42 Å². The molecular weight excluding hydrogens is 342 g/mol. The van der Waals surface area contributed by atoms with Crippen LogP contribution in [-0.4, -0.2) is 20.6 Å². The summed E-state index contributed by atoms with van der Waals surface area (Å²) in [5, 5.41) is 16.0. The maximum absolute atomic E-state index is 11.9. The third-order valence-electron chi connectivity index (χ3n) is 2.98. The molecule has 2 aromatic carbocycles. The van der Waals surface area contributed by atoms with Crippen LogP contribution < -0.4 is 11.2 Å². The van der Waals surface area contributed by atoms with E-state index in [0.29, 0.717) is 11.1 Å². The number of hydrogen-bond donors (Lipinski definition) is 2. The zero-order valence-electron chi connectivity index (χ0n) is 13.2. The fourth-order valence-corrected chi connectivity index (χ4v) is 2.43. The number of nitrogens with one attached hydrogen (secondary N) is 1. The van der Waals surface area contributed by atoms with Crippen LogP contribution in [0.5, 0.6) is 0 Å². The Morgan fingerprint density at radius 1 is 1.20 bits per heavy atom. The van der Waals surface area contributed by atoms with Gasteiger partial charge in [-0.25, -0.2) is 5.48 Å². The number of benzene rings is 2. The molecule has 9 heteroatoms. The molecule has 0 saturated carbocycles. The van der Waals surface area contributed by atoms with Crippen molar-refractivity contribution in [2.24, 2.45) is 15.9 Å². The summed E-state index contributed by atoms with van der Waals surface area (Å²) in [7, 11) is -4.01. The zero-order valence-corrected chi connectivity index (χ0v) is 14.1. The van der Waals surface area contributed by atoms with Gasteiger partial charge in [0, 0.05) is 0 Å². The first-order chi connectivity index (χ1) is 11.9. The van der Waals surface area contributed by atoms with Gasteiger partial charge in [0.25, 0.3) is 0 Å². The summed E-state index contributed by atoms with van der Waals surface area (Å²) < 4.78 is 28.5. The van der Waals surface area contributed by atoms with Crippen LogP contribution in [-0.2, 0) is 14.4 Å². The van der Waals surface area contributed by atoms with Crippen LogP contribution >= 0.6 is 0 Å². The maximum Gasteiger partial charge on any atom is 0.317 e. The first-order valence-corrected chi connectivity index (χ1v) is 8.44. The number of nitriles is 1. The number of rotatable bonds is 5. The standard InChI is InChI=1S/C16H15N5O3S/c1-12-2-8-15(9-3-12)25(22,23)24-21-16(18)20-19-11-14-6-4-13(10-17)5-7-14/h2-9,11H,1H3,(H3,18,20,21)/b19-11-. The van der Waals surface area contributed by atoms with Crippen LogP contribution in [0.2, 0.25) is 0 Å². The maximum atomic E-state index is 11.9. The van der Waals surface area contributed by atoms with E-state index in [2.05, 4.69) is 14.5 Å². The van der Waals surface area contributed by atoms with Crippen molar-refractivity contribution in [1.82, 2.24) is 5.48 Å². The largest absolute Gasteiger partial charge is 0.367 e. The van der Waals surface area contributed by atoms with Crippen LogP contribution in [0.15, 0.2) is 63.6 Å². The van der Waals surface area contributed by atoms with E-state index in [4.69, 9.17) is 11.0 Å². The van der Waals surface area contributed by atoms with E-state index >= 15 is 0 Å². The predicted octanol–water partition coefficient (Wildman–Crippen LogP) is 1.43. The van der Waals surface area contributed by atoms with Crippen LogP contribution in [0.4, 0.5) is 0 Å². The summed E-state index contributed by atoms with van der Waals surface area (Å²) in [6, 6.07) is 14.8. The molecule has 0 radical (unpaired) electrons. The Labute approximate surface area is 145 Å². The van der Waals surface area contributed by atoms with Crippen molar-refractivity contribution in [3.63, 3.8) is 0 Å². The Morgan fingerprint density at radius 2 is 1.84 bits per heavy atom. The number of hydroxylamine groups is 1. The molecule has 0 atom stereocenters. The second-order valence-corrected chi connectivity index (χ2v) is 6.46. The lowest BCUT2D eigenvalue weighted by atomic mass is 10.2. The molecule has 8 nitrogen and oxygen atoms in total. The Balaban J connectivity index is 1.95. The topological polar surface area (TPSA) is 130 Å². The summed E-state index contributed by atoms with van der Waals surface area (Å²) >= 11 is 0. The van der Waals surface area contributed by atoms with Gasteiger partial charge in [-0.3, -0.25) is 0 Å². The molecule has 0 unspecified atom stereocenters. The molecular formula is C16H15N5O3S. The highest BCUT2D eigenvalue weighted by Gasteiger charge is 2.15. The van der Waals surface area contributed by atoms with E-state index in [-0.39, 0.29) is 10.9 Å². The lowest BCUT2D eigenvalue weighted by molar-refractivity contribution is 0.266. The van der Waals surface area contributed by atoms with Gasteiger partial charge in [-0.15, -0.1) is 9.39 Å². The summed E-state index contributed by atoms with van der Waals surface area (Å²) in [5.41, 5.74) is 9.65. The number of aryl methyl sites for hydroxylation is 1. The van der Waals surface area contributed by atoms with E-state index in [1.165, 1.54) is 18.3 Å². The zero-order chi connectivity index (χ0) is 18.3. The van der Waals surface area contributed by atoms with Crippen molar-refractivity contribution in [3.05, 3.63) is 65.2 Å². The van der Waals surface area contributed by atoms with Gasteiger partial charge in [0.05, 0.1) is 22.7 Å². The third kappa shape index (κ3) is 5.42. The molecule has 128 valence electrons. The molecule has 0 saturated heterocycles. The van der Waals surface area contributed by atoms with E-state index < -0.39 is 10.1 Å². The van der Waals surface area contributed by atoms with Crippen molar-refractivity contribution in [2.45, 2.75) is 11.8 Å². The molecule has 0 spiro atoms. The summed E-state index contributed by atoms with van der Waals surface area (Å²) in [5.74, 6) is -0.333. The summed E-state index contributed by atoms with van der Waals surface area (Å²) in [4.78, 5) is -0.0144. The van der Waals surface area contributed by atoms with E-state index in [1.54, 1.807) is 36.4 Å². The van der Waals surface area contributed by atoms with Gasteiger partial charge in [-0.1, -0.05) is 29.8 Å². The minimum absolute atomic E-state index is 0.0144. The molecule has 0 fully saturated rings. The quantitative estimate of drug-likeness (QED) is 0.473. The SMILES string of the molecule is Cc1ccc(S(=O)(=O)ON/C(N)=N/N=C\c2ccc(C#N)cc2)cc1. The third-order valence-corrected chi connectivity index (χ3v) is 4.13. The average molecular weight is 357 g/mol. The molecule has 0 aromatic heterocycles. The molecule has 0 heterocycles. The highest BCUT2D eigenvalue weighted by molar-refractivity contribution is 7.86. The van der Waals surface area contributed by atoms with Crippen LogP contribution in [0.3, 0.4) is 0 Å². The van der Waals surface area contributed by atoms with Crippen molar-refractivity contribution in [2.75, 3.05) is 0 Å². The molecule has 2 rings (SSSR count). The van der Waals surface area contributed by atoms with Gasteiger partial charge in [-0.2, -0.15) is 18.8 Å². The molecule has 3 N–H and O–H groups in total. The smallest absolute Gasteiger partial charge is 0.317 e. The van der Waals surface area contributed by atoms with Crippen molar-refractivity contribution >= 4 is 22.3 Å². The predicted molar refractivity (Wildman–Crippen MR) is 93.0 cm³/mol. The van der Waals surface area contributed by atoms with Crippen LogP contribution in [0, 0.1) is 18.3 Å². The van der Waals surface area contributed by atoms with Gasteiger partial charge < -0.3 is 5.73 Å². The first kappa shape index (κ1) is 18.1. The molecule has 0 aliphatic heterocycles. The number of nitrogens with two attached hydrogens (primary N) is 1. The van der Waals surface area contributed by atoms with Gasteiger partial charge in [0.1, 0.15) is 0 Å². The number of nitrogens with zero attached hydrogens (tertiary/aromatic N) is 3. The Hall–Kier alpha value is -3.22. The molecule has 0 amide bonds. The molecule has 25 heavy (non-hydrogen) atoms. The van der Waals surface area contributed by atoms with Crippen molar-refractivity contribution < 1.29 is 12.7 Å². The second-order valence-electron chi connectivity index (χ2n) is 4.92. The molecule has 0 aliphatic rings. The lowest BCUT2D eigenvalue weighted by Gasteiger charge is -2.06. The van der Waals surface area contributed by atoms with E-state index in [1.807, 2.05) is 18.5 Å². The summed E-state index contributed by atoms with van der Waals surface area (Å²) in [6.07, 6.45) is 1.39. The van der Waals surface area contributed by atoms with Gasteiger partial charge >= 0.3 is 10.1 Å². The highest BCUT2D eigenvalue weighted by Crippen LogP contribution is 2.11. The Bertz CT molecular complexity index is 927. The van der Waals surface area contributed by atoms with Crippen LogP contribution in [0.25, 0.3) is 0 Å². The number of hydrogen-bond acceptors (Lipinski definition) is 6. The minimum Gasteiger partial charge on any atom is -0.367 e. The first-order valence-electron chi connectivity index (χ1n) is 7.03. The fraction of sp³-hybridized carbons (Fsp3) is 0.0625. The van der Waals surface area contributed by atoms with Crippen molar-refractivity contribution in [3.8, 4) is 6.07 Å². The lowest BCUT2D eigenvalue weighted by Crippen LogP contribution is -2.33. The normalized spacial score (nSPS) is 12.1. The molecule has 2 aromatic rings. The minimum atomic E-state index is -4.01. The van der Waals surface area contributed by atoms with E-state index in [0.717, 1.165) is 5.56 Å². The number of guanidine groups is 1. The summed E-state index contributed by atoms with van der Waals surface area (Å²) in [6.45, 7) is 1.84. The average Bonchev–Trinajstić information content (AvgIpc) is 2.61. The Morgan fingerprint density at radius 3 is 2.44 bits per heavy atom. The van der Waals surface area contributed by atoms with Gasteiger partial charge in [0.15, 0.2) is 0 Å². The van der Waals surface area contributed by atoms with Gasteiger partial charge in [-0.05, 0) is 36.8 Å². The monoisotopic (exact) mass is 357 g/mol. The Kier molecular flexibility index (Phi) is 5.84. The highest BCUT2D eigenvalue weighted by atomic mass is 32.2. The fourth-order valence-electron chi connectivity index (χ4n) is 1.67. The van der Waals surface area contributed by atoms with Crippen LogP contribution in [0.1, 0.15) is 16.7 Å². The van der Waals surface area contributed by atoms with Crippen molar-refractivity contribution in [1.29, 1.82) is 5.26 Å². The second kappa shape index (κ2) is 8.05. The van der Waals surface area contributed by atoms with Gasteiger partial charge in [0.2, 0.25) is 5.96 Å². The molecule has 0 aliphatic carbocycles. The molecule has 0 bridgehead atoms.